The van der Waals surface area contributed by atoms with E-state index in [0.29, 0.717) is 0 Å². The summed E-state index contributed by atoms with van der Waals surface area (Å²) in [5.41, 5.74) is 2.54. The van der Waals surface area contributed by atoms with Gasteiger partial charge in [0.25, 0.3) is 0 Å². The smallest absolute Gasteiger partial charge is 0.176 e. The first kappa shape index (κ1) is 14.2. The molecule has 96 valence electrons. The quantitative estimate of drug-likeness (QED) is 0.739. The standard InChI is InChI=1S/C14H23NO2/c1-5-11-8-7-9-12(10-11)13(15-6-2)14(16-3)17-4/h7-10,13-15H,5-6H2,1-4H3. The lowest BCUT2D eigenvalue weighted by Crippen LogP contribution is -2.34. The molecule has 1 aromatic carbocycles. The molecule has 1 N–H and O–H groups in total. The van der Waals surface area contributed by atoms with Gasteiger partial charge in [0.2, 0.25) is 0 Å². The number of methoxy groups -OCH3 is 2. The van der Waals surface area contributed by atoms with Crippen LogP contribution < -0.4 is 5.32 Å². The molecule has 0 heterocycles. The van der Waals surface area contributed by atoms with Crippen molar-refractivity contribution in [2.24, 2.45) is 0 Å². The van der Waals surface area contributed by atoms with E-state index in [-0.39, 0.29) is 12.3 Å². The number of likely N-dealkylation sites (N-methyl/N-ethyl adjacent to an activating group) is 1. The van der Waals surface area contributed by atoms with E-state index in [1.165, 1.54) is 11.1 Å². The fourth-order valence-electron chi connectivity index (χ4n) is 1.97. The predicted octanol–water partition coefficient (Wildman–Crippen LogP) is 2.52. The Kier molecular flexibility index (Phi) is 6.19. The molecule has 0 bridgehead atoms. The Bertz CT molecular complexity index is 324. The number of benzene rings is 1. The van der Waals surface area contributed by atoms with Crippen molar-refractivity contribution in [3.63, 3.8) is 0 Å². The summed E-state index contributed by atoms with van der Waals surface area (Å²) in [7, 11) is 3.34. The molecule has 0 aliphatic carbocycles. The van der Waals surface area contributed by atoms with Crippen LogP contribution in [0.1, 0.15) is 31.0 Å². The lowest BCUT2D eigenvalue weighted by molar-refractivity contribution is -0.123. The van der Waals surface area contributed by atoms with Crippen LogP contribution in [0.2, 0.25) is 0 Å². The minimum Gasteiger partial charge on any atom is -0.354 e. The van der Waals surface area contributed by atoms with Gasteiger partial charge in [-0.15, -0.1) is 0 Å². The molecule has 0 saturated heterocycles. The van der Waals surface area contributed by atoms with Crippen molar-refractivity contribution < 1.29 is 9.47 Å². The van der Waals surface area contributed by atoms with Gasteiger partial charge in [0.15, 0.2) is 6.29 Å². The van der Waals surface area contributed by atoms with E-state index in [9.17, 15) is 0 Å². The summed E-state index contributed by atoms with van der Waals surface area (Å²) in [4.78, 5) is 0. The molecule has 0 aliphatic heterocycles. The highest BCUT2D eigenvalue weighted by Gasteiger charge is 2.21. The molecule has 1 atom stereocenters. The first-order chi connectivity index (χ1) is 8.26. The summed E-state index contributed by atoms with van der Waals surface area (Å²) in [6, 6.07) is 8.61. The fourth-order valence-corrected chi connectivity index (χ4v) is 1.97. The highest BCUT2D eigenvalue weighted by Crippen LogP contribution is 2.21. The topological polar surface area (TPSA) is 30.5 Å². The maximum Gasteiger partial charge on any atom is 0.176 e. The van der Waals surface area contributed by atoms with Gasteiger partial charge in [-0.1, -0.05) is 38.1 Å². The first-order valence-corrected chi connectivity index (χ1v) is 6.14. The van der Waals surface area contributed by atoms with Crippen molar-refractivity contribution in [3.8, 4) is 0 Å². The van der Waals surface area contributed by atoms with E-state index in [4.69, 9.17) is 9.47 Å². The third-order valence-corrected chi connectivity index (χ3v) is 2.88. The Morgan fingerprint density at radius 1 is 1.18 bits per heavy atom. The van der Waals surface area contributed by atoms with Gasteiger partial charge < -0.3 is 14.8 Å². The van der Waals surface area contributed by atoms with Gasteiger partial charge in [0.1, 0.15) is 0 Å². The van der Waals surface area contributed by atoms with E-state index in [2.05, 4.69) is 43.4 Å². The Labute approximate surface area is 104 Å². The summed E-state index contributed by atoms with van der Waals surface area (Å²) in [6.45, 7) is 5.12. The summed E-state index contributed by atoms with van der Waals surface area (Å²) >= 11 is 0. The number of aryl methyl sites for hydroxylation is 1. The lowest BCUT2D eigenvalue weighted by Gasteiger charge is -2.26. The average Bonchev–Trinajstić information content (AvgIpc) is 2.39. The molecule has 1 rings (SSSR count). The van der Waals surface area contributed by atoms with Crippen LogP contribution in [0.4, 0.5) is 0 Å². The lowest BCUT2D eigenvalue weighted by atomic mass is 10.0. The summed E-state index contributed by atoms with van der Waals surface area (Å²) in [5.74, 6) is 0. The molecule has 0 fully saturated rings. The second-order valence-corrected chi connectivity index (χ2v) is 3.97. The van der Waals surface area contributed by atoms with Crippen LogP contribution in [0.3, 0.4) is 0 Å². The van der Waals surface area contributed by atoms with Gasteiger partial charge in [-0.3, -0.25) is 0 Å². The Balaban J connectivity index is 2.94. The highest BCUT2D eigenvalue weighted by molar-refractivity contribution is 5.26. The van der Waals surface area contributed by atoms with Crippen LogP contribution in [0.15, 0.2) is 24.3 Å². The molecule has 3 nitrogen and oxygen atoms in total. The van der Waals surface area contributed by atoms with Crippen LogP contribution in [0, 0.1) is 0 Å². The summed E-state index contributed by atoms with van der Waals surface area (Å²) in [5, 5.41) is 3.40. The minimum absolute atomic E-state index is 0.0708. The zero-order valence-electron chi connectivity index (χ0n) is 11.2. The minimum atomic E-state index is -0.262. The maximum absolute atomic E-state index is 5.36. The first-order valence-electron chi connectivity index (χ1n) is 6.14. The van der Waals surface area contributed by atoms with Crippen molar-refractivity contribution in [1.29, 1.82) is 0 Å². The second kappa shape index (κ2) is 7.43. The van der Waals surface area contributed by atoms with Gasteiger partial charge in [-0.05, 0) is 24.1 Å². The molecular weight excluding hydrogens is 214 g/mol. The van der Waals surface area contributed by atoms with Crippen LogP contribution in [-0.2, 0) is 15.9 Å². The second-order valence-electron chi connectivity index (χ2n) is 3.97. The van der Waals surface area contributed by atoms with Crippen molar-refractivity contribution in [2.45, 2.75) is 32.6 Å². The van der Waals surface area contributed by atoms with Gasteiger partial charge in [0.05, 0.1) is 6.04 Å². The number of rotatable bonds is 7. The van der Waals surface area contributed by atoms with E-state index in [1.54, 1.807) is 14.2 Å². The van der Waals surface area contributed by atoms with Crippen molar-refractivity contribution in [1.82, 2.24) is 5.32 Å². The molecule has 0 saturated carbocycles. The van der Waals surface area contributed by atoms with Crippen LogP contribution >= 0.6 is 0 Å². The number of ether oxygens (including phenoxy) is 2. The Morgan fingerprint density at radius 3 is 2.41 bits per heavy atom. The SMILES string of the molecule is CCNC(c1cccc(CC)c1)C(OC)OC. The van der Waals surface area contributed by atoms with Gasteiger partial charge in [-0.2, -0.15) is 0 Å². The Hall–Kier alpha value is -0.900. The molecule has 0 spiro atoms. The fraction of sp³-hybridized carbons (Fsp3) is 0.571. The normalized spacial score (nSPS) is 13.0. The molecule has 0 aromatic heterocycles. The van der Waals surface area contributed by atoms with E-state index in [0.717, 1.165) is 13.0 Å². The molecule has 0 aliphatic rings. The summed E-state index contributed by atoms with van der Waals surface area (Å²) < 4.78 is 10.7. The summed E-state index contributed by atoms with van der Waals surface area (Å²) in [6.07, 6.45) is 0.777. The molecular formula is C14H23NO2. The zero-order chi connectivity index (χ0) is 12.7. The molecule has 0 amide bonds. The van der Waals surface area contributed by atoms with Crippen molar-refractivity contribution >= 4 is 0 Å². The van der Waals surface area contributed by atoms with E-state index in [1.807, 2.05) is 0 Å². The Morgan fingerprint density at radius 2 is 1.88 bits per heavy atom. The predicted molar refractivity (Wildman–Crippen MR) is 70.0 cm³/mol. The van der Waals surface area contributed by atoms with Crippen molar-refractivity contribution in [3.05, 3.63) is 35.4 Å². The molecule has 17 heavy (non-hydrogen) atoms. The third kappa shape index (κ3) is 3.80. The van der Waals surface area contributed by atoms with Crippen molar-refractivity contribution in [2.75, 3.05) is 20.8 Å². The van der Waals surface area contributed by atoms with Crippen LogP contribution in [0.5, 0.6) is 0 Å². The van der Waals surface area contributed by atoms with E-state index < -0.39 is 0 Å². The monoisotopic (exact) mass is 237 g/mol. The molecule has 0 radical (unpaired) electrons. The van der Waals surface area contributed by atoms with Gasteiger partial charge in [-0.25, -0.2) is 0 Å². The van der Waals surface area contributed by atoms with E-state index >= 15 is 0 Å². The third-order valence-electron chi connectivity index (χ3n) is 2.88. The van der Waals surface area contributed by atoms with Crippen LogP contribution in [0.25, 0.3) is 0 Å². The van der Waals surface area contributed by atoms with Gasteiger partial charge >= 0.3 is 0 Å². The van der Waals surface area contributed by atoms with Gasteiger partial charge in [0, 0.05) is 14.2 Å². The largest absolute Gasteiger partial charge is 0.354 e. The number of hydrogen-bond donors (Lipinski definition) is 1. The molecule has 3 heteroatoms. The molecule has 1 unspecified atom stereocenters. The number of hydrogen-bond acceptors (Lipinski definition) is 3. The average molecular weight is 237 g/mol. The maximum atomic E-state index is 5.36. The number of nitrogens with one attached hydrogen (secondary N) is 1. The van der Waals surface area contributed by atoms with Crippen LogP contribution in [-0.4, -0.2) is 27.1 Å². The zero-order valence-corrected chi connectivity index (χ0v) is 11.2. The molecule has 1 aromatic rings. The highest BCUT2D eigenvalue weighted by atomic mass is 16.7.